The molecule has 0 unspecified atom stereocenters. The van der Waals surface area contributed by atoms with Gasteiger partial charge < -0.3 is 0 Å². The Bertz CT molecular complexity index is 789. The molecule has 0 amide bonds. The maximum atomic E-state index is 13.0. The second kappa shape index (κ2) is 4.82. The predicted octanol–water partition coefficient (Wildman–Crippen LogP) is 4.16. The van der Waals surface area contributed by atoms with Crippen LogP contribution in [0.4, 0.5) is 0 Å². The SMILES string of the molecule is Cc1cc(C)c2c(c1)C[C@H]1C=C(C(C)(C)C)C=C[C@@H]1S2(=O)=O. The van der Waals surface area contributed by atoms with E-state index in [2.05, 4.69) is 26.8 Å². The van der Waals surface area contributed by atoms with Gasteiger partial charge in [-0.3, -0.25) is 0 Å². The van der Waals surface area contributed by atoms with Crippen molar-refractivity contribution in [3.8, 4) is 0 Å². The van der Waals surface area contributed by atoms with Crippen molar-refractivity contribution in [2.24, 2.45) is 11.3 Å². The fourth-order valence-electron chi connectivity index (χ4n) is 3.72. The van der Waals surface area contributed by atoms with E-state index in [-0.39, 0.29) is 11.3 Å². The predicted molar refractivity (Wildman–Crippen MR) is 90.8 cm³/mol. The summed E-state index contributed by atoms with van der Waals surface area (Å²) in [5.74, 6) is 0.0536. The van der Waals surface area contributed by atoms with Crippen LogP contribution in [-0.2, 0) is 16.3 Å². The smallest absolute Gasteiger partial charge is 0.185 e. The van der Waals surface area contributed by atoms with Crippen LogP contribution in [-0.4, -0.2) is 13.7 Å². The van der Waals surface area contributed by atoms with Gasteiger partial charge in [-0.15, -0.1) is 0 Å². The topological polar surface area (TPSA) is 34.1 Å². The van der Waals surface area contributed by atoms with E-state index in [0.29, 0.717) is 4.90 Å². The third-order valence-electron chi connectivity index (χ3n) is 4.74. The van der Waals surface area contributed by atoms with Crippen LogP contribution < -0.4 is 0 Å². The minimum atomic E-state index is -3.29. The first-order valence-corrected chi connectivity index (χ1v) is 9.40. The highest BCUT2D eigenvalue weighted by Crippen LogP contribution is 2.41. The van der Waals surface area contributed by atoms with Crippen LogP contribution >= 0.6 is 0 Å². The summed E-state index contributed by atoms with van der Waals surface area (Å²) in [6.07, 6.45) is 6.91. The molecule has 0 fully saturated rings. The van der Waals surface area contributed by atoms with Gasteiger partial charge in [-0.05, 0) is 42.4 Å². The molecule has 3 rings (SSSR count). The number of fused-ring (bicyclic) bond motifs is 2. The zero-order chi connectivity index (χ0) is 16.3. The highest BCUT2D eigenvalue weighted by atomic mass is 32.2. The number of benzene rings is 1. The van der Waals surface area contributed by atoms with Crippen LogP contribution in [0, 0.1) is 25.2 Å². The van der Waals surface area contributed by atoms with Crippen molar-refractivity contribution >= 4 is 9.84 Å². The second-order valence-electron chi connectivity index (χ2n) is 7.68. The van der Waals surface area contributed by atoms with Crippen molar-refractivity contribution in [3.05, 3.63) is 52.6 Å². The number of aryl methyl sites for hydroxylation is 2. The molecule has 2 atom stereocenters. The molecule has 1 aliphatic heterocycles. The first-order valence-electron chi connectivity index (χ1n) is 7.85. The minimum absolute atomic E-state index is 0.0496. The number of sulfone groups is 1. The lowest BCUT2D eigenvalue weighted by molar-refractivity contribution is 0.489. The molecule has 0 aromatic heterocycles. The number of rotatable bonds is 0. The molecule has 2 aliphatic rings. The lowest BCUT2D eigenvalue weighted by Crippen LogP contribution is -2.36. The van der Waals surface area contributed by atoms with Gasteiger partial charge in [0.25, 0.3) is 0 Å². The molecule has 1 aliphatic carbocycles. The summed E-state index contributed by atoms with van der Waals surface area (Å²) < 4.78 is 26.1. The van der Waals surface area contributed by atoms with E-state index in [4.69, 9.17) is 0 Å². The maximum Gasteiger partial charge on any atom is 0.185 e. The Hall–Kier alpha value is -1.35. The zero-order valence-corrected chi connectivity index (χ0v) is 14.8. The average Bonchev–Trinajstić information content (AvgIpc) is 2.35. The van der Waals surface area contributed by atoms with Crippen LogP contribution in [0.3, 0.4) is 0 Å². The molecule has 1 aromatic carbocycles. The molecule has 1 heterocycles. The standard InChI is InChI=1S/C19H24O2S/c1-12-8-13(2)18-15(9-12)10-14-11-16(19(3,4)5)6-7-17(14)22(18,20)21/h6-9,11,14,17H,10H2,1-5H3/t14-,17-/m0/s1. The Labute approximate surface area is 133 Å². The van der Waals surface area contributed by atoms with Gasteiger partial charge in [0.2, 0.25) is 0 Å². The lowest BCUT2D eigenvalue weighted by atomic mass is 9.79. The molecule has 3 heteroatoms. The minimum Gasteiger partial charge on any atom is -0.223 e. The van der Waals surface area contributed by atoms with Gasteiger partial charge in [0, 0.05) is 5.92 Å². The van der Waals surface area contributed by atoms with Crippen molar-refractivity contribution < 1.29 is 8.42 Å². The van der Waals surface area contributed by atoms with Gasteiger partial charge in [-0.1, -0.05) is 56.7 Å². The molecule has 2 nitrogen and oxygen atoms in total. The van der Waals surface area contributed by atoms with Crippen LogP contribution in [0.1, 0.15) is 37.5 Å². The fraction of sp³-hybridized carbons (Fsp3) is 0.474. The third-order valence-corrected chi connectivity index (χ3v) is 7.12. The molecule has 22 heavy (non-hydrogen) atoms. The monoisotopic (exact) mass is 316 g/mol. The Kier molecular flexibility index (Phi) is 3.41. The van der Waals surface area contributed by atoms with Gasteiger partial charge >= 0.3 is 0 Å². The molecular formula is C19H24O2S. The van der Waals surface area contributed by atoms with Crippen LogP contribution in [0.25, 0.3) is 0 Å². The second-order valence-corrected chi connectivity index (χ2v) is 9.72. The Morgan fingerprint density at radius 3 is 2.45 bits per heavy atom. The summed E-state index contributed by atoms with van der Waals surface area (Å²) in [6, 6.07) is 4.01. The van der Waals surface area contributed by atoms with Crippen LogP contribution in [0.2, 0.25) is 0 Å². The Morgan fingerprint density at radius 1 is 1.14 bits per heavy atom. The molecule has 0 N–H and O–H groups in total. The molecule has 0 saturated heterocycles. The largest absolute Gasteiger partial charge is 0.223 e. The van der Waals surface area contributed by atoms with E-state index in [9.17, 15) is 8.42 Å². The van der Waals surface area contributed by atoms with Crippen molar-refractivity contribution in [2.75, 3.05) is 0 Å². The fourth-order valence-corrected chi connectivity index (χ4v) is 5.93. The molecule has 0 bridgehead atoms. The number of hydrogen-bond donors (Lipinski definition) is 0. The van der Waals surface area contributed by atoms with Crippen molar-refractivity contribution in [1.29, 1.82) is 0 Å². The van der Waals surface area contributed by atoms with Crippen molar-refractivity contribution in [1.82, 2.24) is 0 Å². The quantitative estimate of drug-likeness (QED) is 0.720. The number of hydrogen-bond acceptors (Lipinski definition) is 2. The van der Waals surface area contributed by atoms with E-state index in [1.165, 1.54) is 5.57 Å². The first kappa shape index (κ1) is 15.5. The third kappa shape index (κ3) is 2.36. The summed E-state index contributed by atoms with van der Waals surface area (Å²) in [5.41, 5.74) is 4.28. The summed E-state index contributed by atoms with van der Waals surface area (Å²) in [4.78, 5) is 0.566. The number of allylic oxidation sites excluding steroid dienone is 3. The molecular weight excluding hydrogens is 292 g/mol. The summed E-state index contributed by atoms with van der Waals surface area (Å²) >= 11 is 0. The highest BCUT2D eigenvalue weighted by Gasteiger charge is 2.41. The Morgan fingerprint density at radius 2 is 1.82 bits per heavy atom. The van der Waals surface area contributed by atoms with E-state index < -0.39 is 15.1 Å². The van der Waals surface area contributed by atoms with Gasteiger partial charge in [-0.25, -0.2) is 8.42 Å². The van der Waals surface area contributed by atoms with Crippen molar-refractivity contribution in [2.45, 2.75) is 51.2 Å². The van der Waals surface area contributed by atoms with E-state index in [0.717, 1.165) is 23.1 Å². The van der Waals surface area contributed by atoms with Gasteiger partial charge in [0.1, 0.15) is 0 Å². The van der Waals surface area contributed by atoms with Gasteiger partial charge in [-0.2, -0.15) is 0 Å². The van der Waals surface area contributed by atoms with Gasteiger partial charge in [0.15, 0.2) is 9.84 Å². The van der Waals surface area contributed by atoms with Crippen LogP contribution in [0.15, 0.2) is 40.8 Å². The summed E-state index contributed by atoms with van der Waals surface area (Å²) in [5, 5.41) is -0.410. The van der Waals surface area contributed by atoms with E-state index in [1.807, 2.05) is 38.1 Å². The molecule has 1 aromatic rings. The van der Waals surface area contributed by atoms with E-state index >= 15 is 0 Å². The average molecular weight is 316 g/mol. The normalized spacial score (nSPS) is 26.1. The van der Waals surface area contributed by atoms with Crippen LogP contribution in [0.5, 0.6) is 0 Å². The highest BCUT2D eigenvalue weighted by molar-refractivity contribution is 7.92. The zero-order valence-electron chi connectivity index (χ0n) is 14.0. The first-order chi connectivity index (χ1) is 10.1. The van der Waals surface area contributed by atoms with Crippen molar-refractivity contribution in [3.63, 3.8) is 0 Å². The van der Waals surface area contributed by atoms with E-state index in [1.54, 1.807) is 0 Å². The van der Waals surface area contributed by atoms with Gasteiger partial charge in [0.05, 0.1) is 10.1 Å². The summed E-state index contributed by atoms with van der Waals surface area (Å²) in [6.45, 7) is 10.4. The molecule has 118 valence electrons. The maximum absolute atomic E-state index is 13.0. The molecule has 0 spiro atoms. The molecule has 0 saturated carbocycles. The molecule has 0 radical (unpaired) electrons. The lowest BCUT2D eigenvalue weighted by Gasteiger charge is -2.35. The Balaban J connectivity index is 2.16. The summed E-state index contributed by atoms with van der Waals surface area (Å²) in [7, 11) is -3.29.